The van der Waals surface area contributed by atoms with E-state index in [2.05, 4.69) is 15.5 Å². The predicted octanol–water partition coefficient (Wildman–Crippen LogP) is 4.24. The van der Waals surface area contributed by atoms with Crippen molar-refractivity contribution in [3.8, 4) is 11.1 Å². The van der Waals surface area contributed by atoms with E-state index in [0.29, 0.717) is 34.3 Å². The lowest BCUT2D eigenvalue weighted by atomic mass is 9.98. The van der Waals surface area contributed by atoms with Crippen molar-refractivity contribution in [1.29, 1.82) is 0 Å². The van der Waals surface area contributed by atoms with Gasteiger partial charge in [0.15, 0.2) is 5.82 Å². The highest BCUT2D eigenvalue weighted by Crippen LogP contribution is 2.38. The Kier molecular flexibility index (Phi) is 4.24. The minimum absolute atomic E-state index is 0.317. The first-order chi connectivity index (χ1) is 12.6. The number of carbonyl (C=O) groups is 1. The molecule has 1 heterocycles. The van der Waals surface area contributed by atoms with Gasteiger partial charge in [0.05, 0.1) is 0 Å². The number of nitrogens with zero attached hydrogens (tertiary/aromatic N) is 2. The Bertz CT molecular complexity index is 949. The van der Waals surface area contributed by atoms with Crippen LogP contribution in [0.15, 0.2) is 53.1 Å². The van der Waals surface area contributed by atoms with Gasteiger partial charge < -0.3 is 9.84 Å². The third kappa shape index (κ3) is 3.22. The smallest absolute Gasteiger partial charge is 0.252 e. The number of aromatic nitrogens is 2. The van der Waals surface area contributed by atoms with Crippen molar-refractivity contribution in [2.75, 3.05) is 0 Å². The Morgan fingerprint density at radius 2 is 1.85 bits per heavy atom. The van der Waals surface area contributed by atoms with Gasteiger partial charge in [0.1, 0.15) is 11.9 Å². The molecule has 6 heteroatoms. The monoisotopic (exact) mass is 351 g/mol. The fourth-order valence-corrected chi connectivity index (χ4v) is 2.86. The number of rotatable bonds is 5. The average molecular weight is 351 g/mol. The number of amides is 1. The van der Waals surface area contributed by atoms with Gasteiger partial charge in [-0.25, -0.2) is 4.39 Å². The maximum atomic E-state index is 14.2. The van der Waals surface area contributed by atoms with Crippen molar-refractivity contribution < 1.29 is 13.7 Å². The van der Waals surface area contributed by atoms with Gasteiger partial charge in [0, 0.05) is 17.0 Å². The van der Waals surface area contributed by atoms with E-state index in [0.717, 1.165) is 12.8 Å². The van der Waals surface area contributed by atoms with Crippen LogP contribution in [0.25, 0.3) is 11.1 Å². The molecular weight excluding hydrogens is 333 g/mol. The van der Waals surface area contributed by atoms with Crippen LogP contribution in [-0.2, 0) is 0 Å². The van der Waals surface area contributed by atoms with Gasteiger partial charge in [0.25, 0.3) is 5.91 Å². The molecule has 0 spiro atoms. The molecule has 3 aromatic rings. The largest absolute Gasteiger partial charge is 0.340 e. The van der Waals surface area contributed by atoms with Crippen LogP contribution in [0.2, 0.25) is 0 Å². The molecule has 0 saturated heterocycles. The second kappa shape index (κ2) is 6.71. The topological polar surface area (TPSA) is 68.0 Å². The Labute approximate surface area is 150 Å². The third-order valence-corrected chi connectivity index (χ3v) is 4.45. The maximum Gasteiger partial charge on any atom is 0.252 e. The van der Waals surface area contributed by atoms with Crippen LogP contribution in [-0.4, -0.2) is 16.0 Å². The molecule has 1 aromatic heterocycles. The molecule has 26 heavy (non-hydrogen) atoms. The van der Waals surface area contributed by atoms with Crippen molar-refractivity contribution in [2.24, 2.45) is 0 Å². The van der Waals surface area contributed by atoms with Crippen LogP contribution < -0.4 is 5.32 Å². The van der Waals surface area contributed by atoms with E-state index in [-0.39, 0.29) is 11.7 Å². The lowest BCUT2D eigenvalue weighted by Crippen LogP contribution is -2.27. The normalized spacial score (nSPS) is 14.8. The van der Waals surface area contributed by atoms with Crippen molar-refractivity contribution in [1.82, 2.24) is 15.5 Å². The Balaban J connectivity index is 1.57. The van der Waals surface area contributed by atoms with Gasteiger partial charge in [0.2, 0.25) is 5.89 Å². The van der Waals surface area contributed by atoms with Crippen LogP contribution in [0.5, 0.6) is 0 Å². The fourth-order valence-electron chi connectivity index (χ4n) is 2.86. The SMILES string of the molecule is CC(NC(=O)c1ccccc1-c1ccccc1F)c1nc(C2CC2)no1. The molecule has 4 rings (SSSR count). The molecule has 1 aliphatic rings. The van der Waals surface area contributed by atoms with Gasteiger partial charge >= 0.3 is 0 Å². The molecule has 0 aliphatic heterocycles. The van der Waals surface area contributed by atoms with E-state index in [4.69, 9.17) is 4.52 Å². The quantitative estimate of drug-likeness (QED) is 0.746. The Morgan fingerprint density at radius 1 is 1.15 bits per heavy atom. The summed E-state index contributed by atoms with van der Waals surface area (Å²) in [4.78, 5) is 17.1. The first-order valence-electron chi connectivity index (χ1n) is 8.62. The van der Waals surface area contributed by atoms with Crippen LogP contribution in [0.4, 0.5) is 4.39 Å². The molecule has 2 aromatic carbocycles. The summed E-state index contributed by atoms with van der Waals surface area (Å²) in [6.07, 6.45) is 2.16. The average Bonchev–Trinajstić information content (AvgIpc) is 3.38. The summed E-state index contributed by atoms with van der Waals surface area (Å²) in [6, 6.07) is 12.9. The van der Waals surface area contributed by atoms with E-state index < -0.39 is 6.04 Å². The number of hydrogen-bond donors (Lipinski definition) is 1. The highest BCUT2D eigenvalue weighted by atomic mass is 19.1. The van der Waals surface area contributed by atoms with Crippen molar-refractivity contribution in [2.45, 2.75) is 31.7 Å². The maximum absolute atomic E-state index is 14.2. The predicted molar refractivity (Wildman–Crippen MR) is 94.0 cm³/mol. The highest BCUT2D eigenvalue weighted by molar-refractivity contribution is 6.01. The first-order valence-corrected chi connectivity index (χ1v) is 8.62. The second-order valence-electron chi connectivity index (χ2n) is 6.49. The zero-order valence-electron chi connectivity index (χ0n) is 14.3. The fraction of sp³-hybridized carbons (Fsp3) is 0.250. The molecule has 1 atom stereocenters. The Morgan fingerprint density at radius 3 is 2.58 bits per heavy atom. The third-order valence-electron chi connectivity index (χ3n) is 4.45. The lowest BCUT2D eigenvalue weighted by Gasteiger charge is -2.13. The molecule has 0 bridgehead atoms. The first kappa shape index (κ1) is 16.4. The molecule has 1 amide bonds. The van der Waals surface area contributed by atoms with Crippen LogP contribution >= 0.6 is 0 Å². The summed E-state index contributed by atoms with van der Waals surface area (Å²) in [5.41, 5.74) is 1.32. The zero-order chi connectivity index (χ0) is 18.1. The molecule has 132 valence electrons. The van der Waals surface area contributed by atoms with Gasteiger partial charge in [-0.2, -0.15) is 4.98 Å². The highest BCUT2D eigenvalue weighted by Gasteiger charge is 2.30. The van der Waals surface area contributed by atoms with Gasteiger partial charge in [-0.05, 0) is 37.5 Å². The molecule has 1 unspecified atom stereocenters. The van der Waals surface area contributed by atoms with Crippen LogP contribution in [0.1, 0.15) is 53.8 Å². The van der Waals surface area contributed by atoms with E-state index >= 15 is 0 Å². The number of nitrogens with one attached hydrogen (secondary N) is 1. The van der Waals surface area contributed by atoms with Crippen LogP contribution in [0, 0.1) is 5.82 Å². The molecule has 1 fully saturated rings. The number of halogens is 1. The van der Waals surface area contributed by atoms with Crippen LogP contribution in [0.3, 0.4) is 0 Å². The van der Waals surface area contributed by atoms with Gasteiger partial charge in [-0.15, -0.1) is 0 Å². The zero-order valence-corrected chi connectivity index (χ0v) is 14.3. The van der Waals surface area contributed by atoms with E-state index in [1.807, 2.05) is 0 Å². The summed E-state index contributed by atoms with van der Waals surface area (Å²) in [5.74, 6) is 0.781. The molecule has 0 radical (unpaired) electrons. The van der Waals surface area contributed by atoms with E-state index in [1.165, 1.54) is 6.07 Å². The molecule has 5 nitrogen and oxygen atoms in total. The molecule has 1 N–H and O–H groups in total. The minimum Gasteiger partial charge on any atom is -0.340 e. The Hall–Kier alpha value is -3.02. The molecule has 1 aliphatic carbocycles. The summed E-state index contributed by atoms with van der Waals surface area (Å²) >= 11 is 0. The molecule has 1 saturated carbocycles. The minimum atomic E-state index is -0.434. The lowest BCUT2D eigenvalue weighted by molar-refractivity contribution is 0.0933. The van der Waals surface area contributed by atoms with Gasteiger partial charge in [-0.1, -0.05) is 41.6 Å². The molecular formula is C20H18FN3O2. The van der Waals surface area contributed by atoms with Crippen molar-refractivity contribution in [3.63, 3.8) is 0 Å². The number of benzene rings is 2. The number of carbonyl (C=O) groups excluding carboxylic acids is 1. The summed E-state index contributed by atoms with van der Waals surface area (Å²) < 4.78 is 19.4. The van der Waals surface area contributed by atoms with Crippen molar-refractivity contribution in [3.05, 3.63) is 71.6 Å². The van der Waals surface area contributed by atoms with Crippen molar-refractivity contribution >= 4 is 5.91 Å². The second-order valence-corrected chi connectivity index (χ2v) is 6.49. The summed E-state index contributed by atoms with van der Waals surface area (Å²) in [5, 5.41) is 6.83. The standard InChI is InChI=1S/C20H18FN3O2/c1-12(20-23-18(24-26-20)13-10-11-13)22-19(25)16-8-3-2-6-14(16)15-7-4-5-9-17(15)21/h2-9,12-13H,10-11H2,1H3,(H,22,25). The number of hydrogen-bond acceptors (Lipinski definition) is 4. The summed E-state index contributed by atoms with van der Waals surface area (Å²) in [7, 11) is 0. The van der Waals surface area contributed by atoms with E-state index in [1.54, 1.807) is 49.4 Å². The van der Waals surface area contributed by atoms with Gasteiger partial charge in [-0.3, -0.25) is 4.79 Å². The summed E-state index contributed by atoms with van der Waals surface area (Å²) in [6.45, 7) is 1.79. The van der Waals surface area contributed by atoms with E-state index in [9.17, 15) is 9.18 Å².